The van der Waals surface area contributed by atoms with Gasteiger partial charge in [0.25, 0.3) is 5.91 Å². The summed E-state index contributed by atoms with van der Waals surface area (Å²) in [6.07, 6.45) is 5.03. The second kappa shape index (κ2) is 13.1. The lowest BCUT2D eigenvalue weighted by Gasteiger charge is -2.48. The van der Waals surface area contributed by atoms with Gasteiger partial charge in [0.1, 0.15) is 22.3 Å². The van der Waals surface area contributed by atoms with Crippen LogP contribution in [0.1, 0.15) is 84.7 Å². The van der Waals surface area contributed by atoms with Gasteiger partial charge in [-0.15, -0.1) is 0 Å². The summed E-state index contributed by atoms with van der Waals surface area (Å²) in [5, 5.41) is 19.7. The molecular weight excluding hydrogens is 592 g/mol. The number of furan rings is 1. The molecule has 0 radical (unpaired) electrons. The molecule has 3 aromatic heterocycles. The molecule has 0 saturated carbocycles. The molecule has 1 aliphatic rings. The van der Waals surface area contributed by atoms with Crippen molar-refractivity contribution in [2.45, 2.75) is 98.0 Å². The van der Waals surface area contributed by atoms with Gasteiger partial charge in [-0.05, 0) is 72.6 Å². The molecule has 0 bridgehead atoms. The lowest BCUT2D eigenvalue weighted by atomic mass is 9.79. The van der Waals surface area contributed by atoms with Crippen LogP contribution in [-0.4, -0.2) is 69.1 Å². The number of hydrogen-bond acceptors (Lipinski definition) is 10. The number of piperidine rings is 1. The van der Waals surface area contributed by atoms with Crippen LogP contribution >= 0.6 is 0 Å². The van der Waals surface area contributed by atoms with Gasteiger partial charge in [-0.3, -0.25) is 20.1 Å². The number of nitrogens with zero attached hydrogens (tertiary/aromatic N) is 3. The van der Waals surface area contributed by atoms with Crippen LogP contribution in [0.2, 0.25) is 0 Å². The second-order valence-electron chi connectivity index (χ2n) is 14.0. The molecule has 3 atom stereocenters. The van der Waals surface area contributed by atoms with Crippen LogP contribution in [0.15, 0.2) is 35.1 Å². The summed E-state index contributed by atoms with van der Waals surface area (Å²) in [4.78, 5) is 50.1. The fraction of sp³-hybridized carbons (Fsp3) is 0.545. The zero-order valence-electron chi connectivity index (χ0n) is 28.1. The first kappa shape index (κ1) is 34.5. The van der Waals surface area contributed by atoms with Gasteiger partial charge >= 0.3 is 12.2 Å². The van der Waals surface area contributed by atoms with Crippen LogP contribution in [-0.2, 0) is 15.9 Å². The molecule has 4 rings (SSSR count). The average molecular weight is 639 g/mol. The van der Waals surface area contributed by atoms with Gasteiger partial charge in [0.2, 0.25) is 5.88 Å². The van der Waals surface area contributed by atoms with Crippen molar-refractivity contribution in [3.63, 3.8) is 0 Å². The van der Waals surface area contributed by atoms with Crippen molar-refractivity contribution >= 4 is 46.5 Å². The molecule has 4 heterocycles. The fourth-order valence-corrected chi connectivity index (χ4v) is 5.26. The maximum Gasteiger partial charge on any atom is 0.414 e. The summed E-state index contributed by atoms with van der Waals surface area (Å²) in [5.74, 6) is -0.963. The number of carbonyl (C=O) groups excluding carboxylic acids is 3. The normalized spacial score (nSPS) is 20.3. The quantitative estimate of drug-likeness (QED) is 0.245. The average Bonchev–Trinajstić information content (AvgIpc) is 3.26. The summed E-state index contributed by atoms with van der Waals surface area (Å²) in [6, 6.07) is 2.86. The molecule has 1 fully saturated rings. The van der Waals surface area contributed by atoms with E-state index in [4.69, 9.17) is 13.9 Å². The number of fused-ring (bicyclic) bond motifs is 1. The van der Waals surface area contributed by atoms with E-state index in [1.54, 1.807) is 73.0 Å². The first-order valence-electron chi connectivity index (χ1n) is 15.5. The predicted molar refractivity (Wildman–Crippen MR) is 175 cm³/mol. The highest BCUT2D eigenvalue weighted by molar-refractivity contribution is 6.16. The Morgan fingerprint density at radius 2 is 1.74 bits per heavy atom. The number of pyridine rings is 2. The third-order valence-electron chi connectivity index (χ3n) is 7.64. The molecule has 0 aliphatic carbocycles. The molecule has 250 valence electrons. The lowest BCUT2D eigenvalue weighted by molar-refractivity contribution is -0.0405. The van der Waals surface area contributed by atoms with E-state index in [9.17, 15) is 19.5 Å². The molecule has 0 spiro atoms. The summed E-state index contributed by atoms with van der Waals surface area (Å²) in [6.45, 7) is 16.8. The number of aliphatic hydroxyl groups is 1. The zero-order valence-corrected chi connectivity index (χ0v) is 28.1. The Morgan fingerprint density at radius 1 is 1.07 bits per heavy atom. The van der Waals surface area contributed by atoms with Crippen molar-refractivity contribution < 1.29 is 33.4 Å². The largest absolute Gasteiger partial charge is 0.444 e. The number of hydrogen-bond donors (Lipinski definition) is 4. The Morgan fingerprint density at radius 3 is 2.39 bits per heavy atom. The fourth-order valence-electron chi connectivity index (χ4n) is 5.26. The van der Waals surface area contributed by atoms with Gasteiger partial charge in [-0.25, -0.2) is 9.59 Å². The van der Waals surface area contributed by atoms with Crippen LogP contribution in [0.5, 0.6) is 0 Å². The van der Waals surface area contributed by atoms with E-state index in [1.807, 2.05) is 18.7 Å². The molecule has 1 saturated heterocycles. The summed E-state index contributed by atoms with van der Waals surface area (Å²) in [7, 11) is 0. The van der Waals surface area contributed by atoms with E-state index < -0.39 is 40.9 Å². The number of ether oxygens (including phenoxy) is 2. The molecule has 4 N–H and O–H groups in total. The minimum Gasteiger partial charge on any atom is -0.444 e. The van der Waals surface area contributed by atoms with Gasteiger partial charge in [-0.2, -0.15) is 0 Å². The van der Waals surface area contributed by atoms with Crippen LogP contribution in [0.4, 0.5) is 26.8 Å². The minimum atomic E-state index is -1.23. The van der Waals surface area contributed by atoms with Crippen LogP contribution in [0, 0.1) is 5.92 Å². The highest BCUT2D eigenvalue weighted by atomic mass is 16.6. The number of aromatic nitrogens is 2. The molecule has 3 amide bonds. The molecule has 13 heteroatoms. The Balaban J connectivity index is 1.65. The number of nitrogens with one attached hydrogen (secondary N) is 3. The number of aryl methyl sites for hydroxylation is 1. The smallest absolute Gasteiger partial charge is 0.414 e. The molecule has 13 nitrogen and oxygen atoms in total. The van der Waals surface area contributed by atoms with Gasteiger partial charge in [0.15, 0.2) is 5.58 Å². The zero-order chi connectivity index (χ0) is 34.0. The number of alkyl carbamates (subject to hydrolysis) is 1. The van der Waals surface area contributed by atoms with E-state index in [2.05, 4.69) is 25.9 Å². The molecule has 3 aromatic rings. The SMILES string of the molecule is CCCc1cnc2c(C(=O)Nc3cnccc3N3C[C@H](C)[C@@](C)(O)[C@H](NC(=O)OC(C)(C)C)C3)c(NC(=O)OC(C)(C)C)oc2c1. The molecular formula is C33H46N6O7. The standard InChI is InChI=1S/C33H46N6O7/c1-10-11-20-14-23-26(35-15-20)25(28(44-23)38-30(42)46-32(6,7)8)27(40)36-21-16-34-13-12-22(21)39-17-19(2)33(9,43)24(18-39)37-29(41)45-31(3,4)5/h12-16,19,24,43H,10-11,17-18H2,1-9H3,(H,36,40)(H,37,41)(H,38,42)/t19-,24+,33+/m0/s1. The van der Waals surface area contributed by atoms with E-state index in [1.165, 1.54) is 6.20 Å². The van der Waals surface area contributed by atoms with Crippen LogP contribution in [0.25, 0.3) is 11.1 Å². The number of carbonyl (C=O) groups is 3. The molecule has 0 aromatic carbocycles. The van der Waals surface area contributed by atoms with Crippen molar-refractivity contribution in [1.29, 1.82) is 0 Å². The second-order valence-corrected chi connectivity index (χ2v) is 14.0. The molecule has 0 unspecified atom stereocenters. The highest BCUT2D eigenvalue weighted by Crippen LogP contribution is 2.36. The summed E-state index contributed by atoms with van der Waals surface area (Å²) < 4.78 is 16.8. The van der Waals surface area contributed by atoms with Crippen LogP contribution in [0.3, 0.4) is 0 Å². The van der Waals surface area contributed by atoms with E-state index in [-0.39, 0.29) is 29.4 Å². The maximum absolute atomic E-state index is 14.0. The topological polar surface area (TPSA) is 168 Å². The first-order chi connectivity index (χ1) is 21.4. The Kier molecular flexibility index (Phi) is 9.86. The maximum atomic E-state index is 14.0. The minimum absolute atomic E-state index is 0.0260. The predicted octanol–water partition coefficient (Wildman–Crippen LogP) is 5.88. The number of amides is 3. The van der Waals surface area contributed by atoms with Crippen molar-refractivity contribution in [3.05, 3.63) is 41.9 Å². The Hall–Kier alpha value is -4.39. The van der Waals surface area contributed by atoms with Gasteiger partial charge in [-0.1, -0.05) is 20.3 Å². The van der Waals surface area contributed by atoms with Crippen molar-refractivity contribution in [2.75, 3.05) is 28.6 Å². The summed E-state index contributed by atoms with van der Waals surface area (Å²) >= 11 is 0. The van der Waals surface area contributed by atoms with E-state index >= 15 is 0 Å². The monoisotopic (exact) mass is 638 g/mol. The molecule has 1 aliphatic heterocycles. The van der Waals surface area contributed by atoms with Crippen molar-refractivity contribution in [1.82, 2.24) is 15.3 Å². The lowest BCUT2D eigenvalue weighted by Crippen LogP contribution is -2.65. The molecule has 46 heavy (non-hydrogen) atoms. The van der Waals surface area contributed by atoms with Gasteiger partial charge in [0.05, 0.1) is 29.2 Å². The van der Waals surface area contributed by atoms with Crippen molar-refractivity contribution in [3.8, 4) is 0 Å². The Labute approximate surface area is 269 Å². The third kappa shape index (κ3) is 8.25. The van der Waals surface area contributed by atoms with E-state index in [0.29, 0.717) is 23.5 Å². The first-order valence-corrected chi connectivity index (χ1v) is 15.5. The van der Waals surface area contributed by atoms with Gasteiger partial charge < -0.3 is 34.5 Å². The van der Waals surface area contributed by atoms with Crippen LogP contribution < -0.4 is 20.9 Å². The summed E-state index contributed by atoms with van der Waals surface area (Å²) in [5.41, 5.74) is -0.149. The number of rotatable bonds is 7. The third-order valence-corrected chi connectivity index (χ3v) is 7.64. The number of anilines is 3. The van der Waals surface area contributed by atoms with E-state index in [0.717, 1.165) is 18.4 Å². The van der Waals surface area contributed by atoms with Gasteiger partial charge in [0, 0.05) is 31.4 Å². The van der Waals surface area contributed by atoms with Crippen molar-refractivity contribution in [2.24, 2.45) is 5.92 Å². The highest BCUT2D eigenvalue weighted by Gasteiger charge is 2.45. The Bertz CT molecular complexity index is 1590.